The zero-order valence-corrected chi connectivity index (χ0v) is 8.37. The summed E-state index contributed by atoms with van der Waals surface area (Å²) in [5.41, 5.74) is -0.790. The fourth-order valence-corrected chi connectivity index (χ4v) is 0.934. The number of hydrogen-bond donors (Lipinski definition) is 1. The molecular weight excluding hydrogens is 235 g/mol. The average molecular weight is 240 g/mol. The number of thiocyanates is 1. The van der Waals surface area contributed by atoms with Gasteiger partial charge in [-0.25, -0.2) is 0 Å². The predicted molar refractivity (Wildman–Crippen MR) is 51.1 cm³/mol. The molecular formula is C8H5ClF3NS. The summed E-state index contributed by atoms with van der Waals surface area (Å²) in [5.74, 6) is 0. The first kappa shape index (κ1) is 13.1. The molecule has 0 aliphatic rings. The molecule has 0 aliphatic carbocycles. The Bertz CT molecular complexity index is 332. The van der Waals surface area contributed by atoms with Crippen molar-refractivity contribution in [1.82, 2.24) is 0 Å². The lowest BCUT2D eigenvalue weighted by atomic mass is 10.2. The van der Waals surface area contributed by atoms with Crippen LogP contribution in [-0.4, -0.2) is 0 Å². The molecule has 1 nitrogen and oxygen atoms in total. The summed E-state index contributed by atoms with van der Waals surface area (Å²) in [6, 6.07) is 4.92. The topological polar surface area (TPSA) is 23.8 Å². The summed E-state index contributed by atoms with van der Waals surface area (Å²) >= 11 is 8.38. The lowest BCUT2D eigenvalue weighted by Gasteiger charge is -2.06. The number of benzene rings is 1. The summed E-state index contributed by atoms with van der Waals surface area (Å²) in [6.07, 6.45) is -4.35. The van der Waals surface area contributed by atoms with Crippen LogP contribution in [0.3, 0.4) is 0 Å². The molecule has 0 radical (unpaired) electrons. The maximum absolute atomic E-state index is 12.0. The van der Waals surface area contributed by atoms with Crippen molar-refractivity contribution < 1.29 is 13.2 Å². The van der Waals surface area contributed by atoms with E-state index in [0.717, 1.165) is 6.07 Å². The van der Waals surface area contributed by atoms with Gasteiger partial charge in [-0.05, 0) is 12.1 Å². The van der Waals surface area contributed by atoms with E-state index in [2.05, 4.69) is 12.6 Å². The first-order chi connectivity index (χ1) is 6.43. The van der Waals surface area contributed by atoms with Crippen LogP contribution in [0, 0.1) is 10.7 Å². The standard InChI is InChI=1S/C7H4ClF3.CHNS/c8-6-4-2-1-3-5(6)7(9,10)11;2-1-3/h1-4H;3H. The molecule has 1 aromatic rings. The molecule has 0 aliphatic heterocycles. The number of nitrogens with zero attached hydrogens (tertiary/aromatic N) is 1. The Balaban J connectivity index is 0.000000500. The van der Waals surface area contributed by atoms with Gasteiger partial charge in [-0.2, -0.15) is 18.4 Å². The maximum atomic E-state index is 12.0. The largest absolute Gasteiger partial charge is 0.417 e. The number of nitriles is 1. The van der Waals surface area contributed by atoms with Gasteiger partial charge in [-0.1, -0.05) is 36.4 Å². The average Bonchev–Trinajstić information content (AvgIpc) is 2.04. The van der Waals surface area contributed by atoms with E-state index in [9.17, 15) is 13.2 Å². The van der Waals surface area contributed by atoms with Crippen molar-refractivity contribution in [3.05, 3.63) is 34.9 Å². The van der Waals surface area contributed by atoms with Gasteiger partial charge >= 0.3 is 6.18 Å². The maximum Gasteiger partial charge on any atom is 0.417 e. The highest BCUT2D eigenvalue weighted by molar-refractivity contribution is 7.85. The van der Waals surface area contributed by atoms with Gasteiger partial charge in [-0.15, -0.1) is 0 Å². The van der Waals surface area contributed by atoms with Crippen LogP contribution < -0.4 is 0 Å². The van der Waals surface area contributed by atoms with Gasteiger partial charge in [0.1, 0.15) is 5.40 Å². The van der Waals surface area contributed by atoms with Gasteiger partial charge in [0.2, 0.25) is 0 Å². The Labute approximate surface area is 89.5 Å². The van der Waals surface area contributed by atoms with E-state index in [1.807, 2.05) is 0 Å². The molecule has 0 saturated heterocycles. The molecule has 6 heteroatoms. The first-order valence-corrected chi connectivity index (χ1v) is 4.11. The van der Waals surface area contributed by atoms with E-state index in [4.69, 9.17) is 16.9 Å². The summed E-state index contributed by atoms with van der Waals surface area (Å²) in [6.45, 7) is 0. The molecule has 0 heterocycles. The normalized spacial score (nSPS) is 9.71. The highest BCUT2D eigenvalue weighted by Crippen LogP contribution is 2.33. The minimum Gasteiger partial charge on any atom is -0.185 e. The van der Waals surface area contributed by atoms with Gasteiger partial charge in [0.15, 0.2) is 0 Å². The van der Waals surface area contributed by atoms with E-state index in [1.54, 1.807) is 0 Å². The van der Waals surface area contributed by atoms with Crippen molar-refractivity contribution in [2.24, 2.45) is 0 Å². The van der Waals surface area contributed by atoms with Crippen molar-refractivity contribution in [3.63, 3.8) is 0 Å². The third kappa shape index (κ3) is 4.40. The third-order valence-corrected chi connectivity index (χ3v) is 1.51. The van der Waals surface area contributed by atoms with E-state index in [-0.39, 0.29) is 5.02 Å². The smallest absolute Gasteiger partial charge is 0.185 e. The van der Waals surface area contributed by atoms with Gasteiger partial charge < -0.3 is 0 Å². The fourth-order valence-electron chi connectivity index (χ4n) is 0.691. The SMILES string of the molecule is FC(F)(F)c1ccccc1Cl.N#CS. The minimum absolute atomic E-state index is 0.264. The molecule has 0 spiro atoms. The van der Waals surface area contributed by atoms with Crippen LogP contribution in [0.1, 0.15) is 5.56 Å². The third-order valence-electron chi connectivity index (χ3n) is 1.18. The van der Waals surface area contributed by atoms with Gasteiger partial charge in [0.05, 0.1) is 10.6 Å². The van der Waals surface area contributed by atoms with Gasteiger partial charge in [0.25, 0.3) is 0 Å². The summed E-state index contributed by atoms with van der Waals surface area (Å²) in [7, 11) is 0. The Morgan fingerprint density at radius 1 is 1.29 bits per heavy atom. The second kappa shape index (κ2) is 5.78. The fraction of sp³-hybridized carbons (Fsp3) is 0.125. The van der Waals surface area contributed by atoms with Gasteiger partial charge in [-0.3, -0.25) is 0 Å². The number of halogens is 4. The van der Waals surface area contributed by atoms with Crippen LogP contribution >= 0.6 is 24.2 Å². The van der Waals surface area contributed by atoms with Crippen LogP contribution in [0.4, 0.5) is 13.2 Å². The molecule has 76 valence electrons. The number of alkyl halides is 3. The molecule has 1 aromatic carbocycles. The Morgan fingerprint density at radius 3 is 2.00 bits per heavy atom. The van der Waals surface area contributed by atoms with Crippen LogP contribution in [0.2, 0.25) is 5.02 Å². The Hall–Kier alpha value is -0.860. The quantitative estimate of drug-likeness (QED) is 0.541. The van der Waals surface area contributed by atoms with Crippen molar-refractivity contribution in [2.75, 3.05) is 0 Å². The molecule has 1 rings (SSSR count). The predicted octanol–water partition coefficient (Wildman–Crippen LogP) is 3.76. The summed E-state index contributed by atoms with van der Waals surface area (Å²) in [4.78, 5) is 0. The highest BCUT2D eigenvalue weighted by atomic mass is 35.5. The second-order valence-corrected chi connectivity index (χ2v) is 2.68. The molecule has 0 saturated carbocycles. The van der Waals surface area contributed by atoms with Crippen molar-refractivity contribution in [2.45, 2.75) is 6.18 Å². The number of hydrogen-bond acceptors (Lipinski definition) is 2. The monoisotopic (exact) mass is 239 g/mol. The summed E-state index contributed by atoms with van der Waals surface area (Å²) in [5, 5.41) is 8.36. The molecule has 0 amide bonds. The van der Waals surface area contributed by atoms with Gasteiger partial charge in [0, 0.05) is 0 Å². The van der Waals surface area contributed by atoms with Crippen LogP contribution in [0.5, 0.6) is 0 Å². The van der Waals surface area contributed by atoms with Crippen LogP contribution in [0.25, 0.3) is 0 Å². The molecule has 14 heavy (non-hydrogen) atoms. The molecule has 0 atom stereocenters. The van der Waals surface area contributed by atoms with E-state index >= 15 is 0 Å². The first-order valence-electron chi connectivity index (χ1n) is 3.28. The summed E-state index contributed by atoms with van der Waals surface area (Å²) < 4.78 is 35.9. The van der Waals surface area contributed by atoms with E-state index < -0.39 is 11.7 Å². The molecule has 0 aromatic heterocycles. The zero-order chi connectivity index (χ0) is 11.2. The zero-order valence-electron chi connectivity index (χ0n) is 6.72. The lowest BCUT2D eigenvalue weighted by Crippen LogP contribution is -2.04. The van der Waals surface area contributed by atoms with Crippen LogP contribution in [0.15, 0.2) is 24.3 Å². The molecule has 0 unspecified atom stereocenters. The van der Waals surface area contributed by atoms with Crippen molar-refractivity contribution in [3.8, 4) is 5.40 Å². The lowest BCUT2D eigenvalue weighted by molar-refractivity contribution is -0.137. The number of thiol groups is 1. The second-order valence-electron chi connectivity index (χ2n) is 2.08. The van der Waals surface area contributed by atoms with E-state index in [0.29, 0.717) is 0 Å². The molecule has 0 N–H and O–H groups in total. The van der Waals surface area contributed by atoms with Crippen molar-refractivity contribution >= 4 is 24.2 Å². The van der Waals surface area contributed by atoms with Crippen molar-refractivity contribution in [1.29, 1.82) is 5.26 Å². The molecule has 0 fully saturated rings. The highest BCUT2D eigenvalue weighted by Gasteiger charge is 2.32. The minimum atomic E-state index is -4.35. The Kier molecular flexibility index (Phi) is 5.43. The van der Waals surface area contributed by atoms with E-state index in [1.165, 1.54) is 23.6 Å². The Morgan fingerprint density at radius 2 is 1.71 bits per heavy atom. The molecule has 0 bridgehead atoms. The number of rotatable bonds is 0. The van der Waals surface area contributed by atoms with Crippen LogP contribution in [-0.2, 0) is 6.18 Å².